The van der Waals surface area contributed by atoms with Gasteiger partial charge in [0.05, 0.1) is 8.80 Å². The Morgan fingerprint density at radius 2 is 1.12 bits per heavy atom. The molecule has 0 bridgehead atoms. The molecule has 0 amide bonds. The molecule has 3 rings (SSSR count). The van der Waals surface area contributed by atoms with Crippen molar-refractivity contribution in [1.82, 2.24) is 0 Å². The van der Waals surface area contributed by atoms with Gasteiger partial charge in [-0.3, -0.25) is 6.08 Å². The van der Waals surface area contributed by atoms with Crippen LogP contribution in [-0.2, 0) is 21.7 Å². The molecule has 0 aromatic heterocycles. The van der Waals surface area contributed by atoms with Crippen LogP contribution in [0.2, 0.25) is 5.04 Å². The second-order valence-electron chi connectivity index (χ2n) is 6.46. The van der Waals surface area contributed by atoms with Crippen LogP contribution in [0.4, 0.5) is 0 Å². The van der Waals surface area contributed by atoms with Gasteiger partial charge >= 0.3 is 21.7 Å². The van der Waals surface area contributed by atoms with E-state index in [0.717, 1.165) is 0 Å². The normalized spacial score (nSPS) is 18.1. The van der Waals surface area contributed by atoms with E-state index in [4.69, 9.17) is 0 Å². The molecule has 0 nitrogen and oxygen atoms in total. The molecule has 26 heavy (non-hydrogen) atoms. The van der Waals surface area contributed by atoms with Crippen LogP contribution < -0.4 is 47.6 Å². The third-order valence-corrected chi connectivity index (χ3v) is 9.03. The predicted octanol–water partition coefficient (Wildman–Crippen LogP) is -5.10. The Morgan fingerprint density at radius 3 is 1.42 bits per heavy atom. The van der Waals surface area contributed by atoms with Crippen LogP contribution in [-0.4, -0.2) is 8.80 Å². The van der Waals surface area contributed by atoms with Gasteiger partial charge in [-0.15, -0.1) is 6.92 Å². The summed E-state index contributed by atoms with van der Waals surface area (Å²) < 4.78 is 0. The number of halogens is 3. The van der Waals surface area contributed by atoms with Gasteiger partial charge < -0.3 is 37.2 Å². The summed E-state index contributed by atoms with van der Waals surface area (Å²) in [5.74, 6) is 0. The molecule has 1 aliphatic rings. The molecule has 5 heteroatoms. The molecule has 1 unspecified atom stereocenters. The van der Waals surface area contributed by atoms with Gasteiger partial charge in [0.1, 0.15) is 0 Å². The minimum atomic E-state index is -1.44. The van der Waals surface area contributed by atoms with Gasteiger partial charge in [0.2, 0.25) is 0 Å². The maximum absolute atomic E-state index is 3.83. The van der Waals surface area contributed by atoms with Crippen molar-refractivity contribution in [2.45, 2.75) is 32.7 Å². The largest absolute Gasteiger partial charge is 4.00 e. The van der Waals surface area contributed by atoms with E-state index in [2.05, 4.69) is 94.4 Å². The molecule has 0 fully saturated rings. The number of hydrogen-bond donors (Lipinski definition) is 0. The van der Waals surface area contributed by atoms with Crippen molar-refractivity contribution in [2.75, 3.05) is 0 Å². The summed E-state index contributed by atoms with van der Waals surface area (Å²) in [4.78, 5) is 0. The Bertz CT molecular complexity index is 705. The predicted molar refractivity (Wildman–Crippen MR) is 98.5 cm³/mol. The van der Waals surface area contributed by atoms with Crippen molar-refractivity contribution < 1.29 is 58.9 Å². The summed E-state index contributed by atoms with van der Waals surface area (Å²) in [6.07, 6.45) is 3.83. The van der Waals surface area contributed by atoms with Gasteiger partial charge in [-0.25, -0.2) is 5.57 Å². The summed E-state index contributed by atoms with van der Waals surface area (Å²) in [5, 5.41) is 3.03. The Balaban J connectivity index is 0. The molecule has 0 heterocycles. The first-order valence-corrected chi connectivity index (χ1v) is 9.67. The number of benzene rings is 2. The summed E-state index contributed by atoms with van der Waals surface area (Å²) in [6, 6.07) is 22.1. The quantitative estimate of drug-likeness (QED) is 0.320. The van der Waals surface area contributed by atoms with Crippen molar-refractivity contribution in [1.29, 1.82) is 0 Å². The topological polar surface area (TPSA) is 0 Å². The van der Waals surface area contributed by atoms with E-state index < -0.39 is 8.80 Å². The third kappa shape index (κ3) is 5.16. The van der Waals surface area contributed by atoms with Gasteiger partial charge in [-0.2, -0.15) is 11.1 Å². The van der Waals surface area contributed by atoms with Crippen molar-refractivity contribution in [2.24, 2.45) is 0 Å². The van der Waals surface area contributed by atoms with Gasteiger partial charge in [0.25, 0.3) is 0 Å². The zero-order chi connectivity index (χ0) is 15.7. The van der Waals surface area contributed by atoms with Gasteiger partial charge in [-0.05, 0) is 0 Å². The zero-order valence-electron chi connectivity index (χ0n) is 15.5. The monoisotopic (exact) mass is 456 g/mol. The van der Waals surface area contributed by atoms with E-state index in [0.29, 0.717) is 0 Å². The molecule has 136 valence electrons. The smallest absolute Gasteiger partial charge is 1.00 e. The Labute approximate surface area is 193 Å². The van der Waals surface area contributed by atoms with Crippen molar-refractivity contribution in [3.8, 4) is 0 Å². The minimum Gasteiger partial charge on any atom is -1.00 e. The van der Waals surface area contributed by atoms with Crippen LogP contribution in [0.15, 0.2) is 77.4 Å². The summed E-state index contributed by atoms with van der Waals surface area (Å²) in [6.45, 7) is 9.12. The number of allylic oxidation sites excluding steroid dienone is 4. The molecule has 0 saturated carbocycles. The Kier molecular flexibility index (Phi) is 12.4. The zero-order valence-corrected chi connectivity index (χ0v) is 20.5. The molecule has 0 spiro atoms. The molecule has 2 aromatic carbocycles. The van der Waals surface area contributed by atoms with Gasteiger partial charge in [0, 0.05) is 0 Å². The van der Waals surface area contributed by atoms with Gasteiger partial charge in [-0.1, -0.05) is 96.8 Å². The maximum atomic E-state index is 3.83. The van der Waals surface area contributed by atoms with E-state index >= 15 is 0 Å². The average Bonchev–Trinajstić information content (AvgIpc) is 2.73. The van der Waals surface area contributed by atoms with Crippen molar-refractivity contribution >= 4 is 19.2 Å². The molecule has 0 radical (unpaired) electrons. The van der Waals surface area contributed by atoms with Crippen molar-refractivity contribution in [3.63, 3.8) is 0 Å². The summed E-state index contributed by atoms with van der Waals surface area (Å²) in [5.41, 5.74) is 4.24. The van der Waals surface area contributed by atoms with Crippen LogP contribution in [0.25, 0.3) is 0 Å². The number of hydrogen-bond acceptors (Lipinski definition) is 0. The first-order valence-electron chi connectivity index (χ1n) is 7.94. The summed E-state index contributed by atoms with van der Waals surface area (Å²) in [7, 11) is -1.44. The molecule has 0 N–H and O–H groups in total. The average molecular weight is 458 g/mol. The number of rotatable bonds is 3. The minimum absolute atomic E-state index is 0. The van der Waals surface area contributed by atoms with E-state index in [1.807, 2.05) is 0 Å². The fourth-order valence-corrected chi connectivity index (χ4v) is 7.63. The molecule has 0 aliphatic heterocycles. The van der Waals surface area contributed by atoms with Gasteiger partial charge in [0.15, 0.2) is 0 Å². The van der Waals surface area contributed by atoms with Crippen LogP contribution in [0.5, 0.6) is 0 Å². The summed E-state index contributed by atoms with van der Waals surface area (Å²) >= 11 is 0. The SMILES string of the molecule is CC1=[C-]C(C)([SiH](c2ccccc2)c2ccccc2)C(C)=C1C.[Cl-].[Cl-].[Cl-].[Ti+4]. The second kappa shape index (κ2) is 11.5. The molecule has 1 atom stereocenters. The Morgan fingerprint density at radius 1 is 0.731 bits per heavy atom. The van der Waals surface area contributed by atoms with E-state index in [1.165, 1.54) is 27.1 Å². The fraction of sp³-hybridized carbons (Fsp3) is 0.238. The van der Waals surface area contributed by atoms with Crippen molar-refractivity contribution in [3.05, 3.63) is 83.5 Å². The third-order valence-electron chi connectivity index (χ3n) is 5.19. The first kappa shape index (κ1) is 27.9. The van der Waals surface area contributed by atoms with Crippen LogP contribution in [0.3, 0.4) is 0 Å². The molecule has 1 aliphatic carbocycles. The van der Waals surface area contributed by atoms with Crippen LogP contribution in [0.1, 0.15) is 27.7 Å². The fourth-order valence-electron chi connectivity index (χ4n) is 3.69. The molecular formula is C21H23Cl3SiTi. The van der Waals surface area contributed by atoms with E-state index in [-0.39, 0.29) is 64.0 Å². The maximum Gasteiger partial charge on any atom is 4.00 e. The first-order chi connectivity index (χ1) is 10.5. The molecular weight excluding hydrogens is 435 g/mol. The molecule has 2 aromatic rings. The van der Waals surface area contributed by atoms with Crippen LogP contribution >= 0.6 is 0 Å². The van der Waals surface area contributed by atoms with E-state index in [9.17, 15) is 0 Å². The molecule has 0 saturated heterocycles. The standard InChI is InChI=1S/C21H23Si.3ClH.Ti/c1-16-15-21(4,18(3)17(16)2)22(19-11-7-5-8-12-19)20-13-9-6-10-14-20;;;;/h5-14,22H,1-4H3;3*1H;/q-1;;;;+4/p-3. The van der Waals surface area contributed by atoms with E-state index in [1.54, 1.807) is 0 Å². The Hall–Kier alpha value is -0.279. The van der Waals surface area contributed by atoms with Crippen LogP contribution in [0, 0.1) is 6.08 Å². The second-order valence-corrected chi connectivity index (χ2v) is 9.81.